The molecule has 1 nitrogen and oxygen atoms in total. The fourth-order valence-electron chi connectivity index (χ4n) is 2.56. The molecule has 1 unspecified atom stereocenters. The van der Waals surface area contributed by atoms with E-state index in [4.69, 9.17) is 0 Å². The molecular formula is C16H34O. The van der Waals surface area contributed by atoms with Crippen LogP contribution in [0.2, 0.25) is 0 Å². The van der Waals surface area contributed by atoms with Crippen LogP contribution in [0.5, 0.6) is 0 Å². The summed E-state index contributed by atoms with van der Waals surface area (Å²) in [5.74, 6) is 0.888. The van der Waals surface area contributed by atoms with Gasteiger partial charge in [0.2, 0.25) is 0 Å². The van der Waals surface area contributed by atoms with E-state index < -0.39 is 0 Å². The van der Waals surface area contributed by atoms with Gasteiger partial charge >= 0.3 is 0 Å². The fraction of sp³-hybridized carbons (Fsp3) is 1.00. The molecule has 104 valence electrons. The Balaban J connectivity index is 3.75. The first-order chi connectivity index (χ1) is 8.11. The summed E-state index contributed by atoms with van der Waals surface area (Å²) in [5.41, 5.74) is -0.387. The van der Waals surface area contributed by atoms with E-state index in [1.807, 2.05) is 0 Å². The van der Waals surface area contributed by atoms with Gasteiger partial charge in [-0.05, 0) is 25.2 Å². The molecule has 0 spiro atoms. The highest BCUT2D eigenvalue weighted by atomic mass is 16.3. The first-order valence-electron chi connectivity index (χ1n) is 7.84. The monoisotopic (exact) mass is 242 g/mol. The highest BCUT2D eigenvalue weighted by molar-refractivity contribution is 4.75. The predicted molar refractivity (Wildman–Crippen MR) is 77.3 cm³/mol. The minimum Gasteiger partial charge on any atom is -0.390 e. The van der Waals surface area contributed by atoms with Crippen molar-refractivity contribution < 1.29 is 5.11 Å². The Morgan fingerprint density at radius 3 is 1.94 bits per heavy atom. The molecule has 0 aliphatic carbocycles. The van der Waals surface area contributed by atoms with Crippen LogP contribution in [0.15, 0.2) is 0 Å². The van der Waals surface area contributed by atoms with Crippen molar-refractivity contribution in [3.05, 3.63) is 0 Å². The van der Waals surface area contributed by atoms with Gasteiger partial charge in [0, 0.05) is 0 Å². The van der Waals surface area contributed by atoms with Crippen LogP contribution in [0, 0.1) is 5.92 Å². The average molecular weight is 242 g/mol. The van der Waals surface area contributed by atoms with Gasteiger partial charge in [-0.25, -0.2) is 0 Å². The second kappa shape index (κ2) is 9.94. The van der Waals surface area contributed by atoms with Gasteiger partial charge in [0.25, 0.3) is 0 Å². The molecule has 0 radical (unpaired) electrons. The molecule has 1 heteroatoms. The van der Waals surface area contributed by atoms with Crippen molar-refractivity contribution in [2.75, 3.05) is 0 Å². The van der Waals surface area contributed by atoms with Crippen molar-refractivity contribution in [3.8, 4) is 0 Å². The van der Waals surface area contributed by atoms with Gasteiger partial charge in [0.05, 0.1) is 5.60 Å². The third-order valence-electron chi connectivity index (χ3n) is 4.36. The number of hydrogen-bond acceptors (Lipinski definition) is 1. The Morgan fingerprint density at radius 1 is 0.882 bits per heavy atom. The summed E-state index contributed by atoms with van der Waals surface area (Å²) < 4.78 is 0. The SMILES string of the molecule is CCCCCC(CC)CCCC(O)(CC)CC. The predicted octanol–water partition coefficient (Wildman–Crippen LogP) is 5.31. The van der Waals surface area contributed by atoms with Crippen molar-refractivity contribution in [1.29, 1.82) is 0 Å². The molecule has 1 atom stereocenters. The van der Waals surface area contributed by atoms with Crippen LogP contribution in [0.25, 0.3) is 0 Å². The van der Waals surface area contributed by atoms with E-state index in [1.54, 1.807) is 0 Å². The van der Waals surface area contributed by atoms with Gasteiger partial charge in [-0.1, -0.05) is 72.6 Å². The lowest BCUT2D eigenvalue weighted by Crippen LogP contribution is -2.26. The standard InChI is InChI=1S/C16H34O/c1-5-9-10-12-15(6-2)13-11-14-16(17,7-3)8-4/h15,17H,5-14H2,1-4H3. The molecule has 0 rings (SSSR count). The van der Waals surface area contributed by atoms with Gasteiger partial charge in [-0.15, -0.1) is 0 Å². The van der Waals surface area contributed by atoms with E-state index in [9.17, 15) is 5.11 Å². The second-order valence-electron chi connectivity index (χ2n) is 5.59. The highest BCUT2D eigenvalue weighted by Crippen LogP contribution is 2.26. The van der Waals surface area contributed by atoms with Crippen LogP contribution in [0.4, 0.5) is 0 Å². The van der Waals surface area contributed by atoms with Crippen molar-refractivity contribution in [2.45, 2.75) is 97.5 Å². The molecule has 0 aromatic heterocycles. The number of aliphatic hydroxyl groups is 1. The van der Waals surface area contributed by atoms with Crippen LogP contribution >= 0.6 is 0 Å². The Hall–Kier alpha value is -0.0400. The zero-order valence-corrected chi connectivity index (χ0v) is 12.6. The third-order valence-corrected chi connectivity index (χ3v) is 4.36. The van der Waals surface area contributed by atoms with Crippen LogP contribution in [-0.2, 0) is 0 Å². The summed E-state index contributed by atoms with van der Waals surface area (Å²) in [6.07, 6.45) is 12.1. The van der Waals surface area contributed by atoms with Crippen molar-refractivity contribution in [2.24, 2.45) is 5.92 Å². The summed E-state index contributed by atoms with van der Waals surface area (Å²) in [7, 11) is 0. The van der Waals surface area contributed by atoms with Crippen molar-refractivity contribution in [3.63, 3.8) is 0 Å². The van der Waals surface area contributed by atoms with Gasteiger partial charge in [-0.3, -0.25) is 0 Å². The quantitative estimate of drug-likeness (QED) is 0.486. The smallest absolute Gasteiger partial charge is 0.0642 e. The summed E-state index contributed by atoms with van der Waals surface area (Å²) in [6.45, 7) is 8.77. The molecule has 0 bridgehead atoms. The van der Waals surface area contributed by atoms with Crippen LogP contribution < -0.4 is 0 Å². The maximum Gasteiger partial charge on any atom is 0.0642 e. The second-order valence-corrected chi connectivity index (χ2v) is 5.59. The Kier molecular flexibility index (Phi) is 9.91. The number of hydrogen-bond donors (Lipinski definition) is 1. The molecule has 0 aromatic rings. The fourth-order valence-corrected chi connectivity index (χ4v) is 2.56. The lowest BCUT2D eigenvalue weighted by atomic mass is 9.87. The lowest BCUT2D eigenvalue weighted by molar-refractivity contribution is 0.0200. The molecule has 0 aliphatic rings. The first-order valence-corrected chi connectivity index (χ1v) is 7.84. The van der Waals surface area contributed by atoms with E-state index in [0.29, 0.717) is 0 Å². The number of unbranched alkanes of at least 4 members (excludes halogenated alkanes) is 2. The highest BCUT2D eigenvalue weighted by Gasteiger charge is 2.21. The van der Waals surface area contributed by atoms with E-state index in [2.05, 4.69) is 27.7 Å². The van der Waals surface area contributed by atoms with E-state index >= 15 is 0 Å². The summed E-state index contributed by atoms with van der Waals surface area (Å²) >= 11 is 0. The minimum absolute atomic E-state index is 0.387. The zero-order chi connectivity index (χ0) is 13.1. The molecule has 0 saturated heterocycles. The van der Waals surface area contributed by atoms with Gasteiger partial charge in [0.1, 0.15) is 0 Å². The van der Waals surface area contributed by atoms with Gasteiger partial charge in [0.15, 0.2) is 0 Å². The van der Waals surface area contributed by atoms with Gasteiger partial charge < -0.3 is 5.11 Å². The Labute approximate surface area is 109 Å². The molecular weight excluding hydrogens is 208 g/mol. The zero-order valence-electron chi connectivity index (χ0n) is 12.6. The molecule has 0 fully saturated rings. The largest absolute Gasteiger partial charge is 0.390 e. The summed E-state index contributed by atoms with van der Waals surface area (Å²) in [5, 5.41) is 10.2. The lowest BCUT2D eigenvalue weighted by Gasteiger charge is -2.26. The first kappa shape index (κ1) is 17.0. The average Bonchev–Trinajstić information content (AvgIpc) is 2.36. The summed E-state index contributed by atoms with van der Waals surface area (Å²) in [6, 6.07) is 0. The molecule has 0 aliphatic heterocycles. The van der Waals surface area contributed by atoms with Gasteiger partial charge in [-0.2, -0.15) is 0 Å². The Morgan fingerprint density at radius 2 is 1.47 bits per heavy atom. The van der Waals surface area contributed by atoms with Crippen LogP contribution in [-0.4, -0.2) is 10.7 Å². The minimum atomic E-state index is -0.387. The maximum absolute atomic E-state index is 10.2. The third kappa shape index (κ3) is 7.81. The normalized spacial score (nSPS) is 13.9. The molecule has 17 heavy (non-hydrogen) atoms. The Bertz CT molecular complexity index is 161. The molecule has 0 amide bonds. The molecule has 1 N–H and O–H groups in total. The van der Waals surface area contributed by atoms with E-state index in [0.717, 1.165) is 25.2 Å². The number of rotatable bonds is 11. The topological polar surface area (TPSA) is 20.2 Å². The molecule has 0 heterocycles. The maximum atomic E-state index is 10.2. The van der Waals surface area contributed by atoms with Crippen LogP contribution in [0.1, 0.15) is 91.9 Å². The van der Waals surface area contributed by atoms with E-state index in [-0.39, 0.29) is 5.60 Å². The molecule has 0 aromatic carbocycles. The summed E-state index contributed by atoms with van der Waals surface area (Å²) in [4.78, 5) is 0. The molecule has 0 saturated carbocycles. The van der Waals surface area contributed by atoms with E-state index in [1.165, 1.54) is 44.9 Å². The van der Waals surface area contributed by atoms with Crippen LogP contribution in [0.3, 0.4) is 0 Å². The van der Waals surface area contributed by atoms with Crippen molar-refractivity contribution in [1.82, 2.24) is 0 Å². The van der Waals surface area contributed by atoms with Crippen molar-refractivity contribution >= 4 is 0 Å².